The van der Waals surface area contributed by atoms with Crippen molar-refractivity contribution in [3.8, 4) is 11.5 Å². The minimum atomic E-state index is -0.426. The van der Waals surface area contributed by atoms with Gasteiger partial charge in [0.2, 0.25) is 0 Å². The van der Waals surface area contributed by atoms with Crippen molar-refractivity contribution in [2.24, 2.45) is 0 Å². The minimum absolute atomic E-state index is 0.0896. The Hall–Kier alpha value is -2.76. The van der Waals surface area contributed by atoms with E-state index in [1.165, 1.54) is 25.3 Å². The number of ether oxygens (including phenoxy) is 2. The van der Waals surface area contributed by atoms with E-state index < -0.39 is 11.8 Å². The fourth-order valence-electron chi connectivity index (χ4n) is 2.51. The number of methoxy groups -OCH3 is 1. The fraction of sp³-hybridized carbons (Fsp3) is 0.235. The third kappa shape index (κ3) is 3.53. The lowest BCUT2D eigenvalue weighted by Crippen LogP contribution is -2.37. The molecule has 0 bridgehead atoms. The molecule has 2 N–H and O–H groups in total. The van der Waals surface area contributed by atoms with Crippen molar-refractivity contribution in [2.75, 3.05) is 19.0 Å². The van der Waals surface area contributed by atoms with Crippen molar-refractivity contribution in [3.05, 3.63) is 53.8 Å². The Labute approximate surface area is 133 Å². The quantitative estimate of drug-likeness (QED) is 0.912. The highest BCUT2D eigenvalue weighted by Gasteiger charge is 2.22. The monoisotopic (exact) mass is 316 g/mol. The summed E-state index contributed by atoms with van der Waals surface area (Å²) in [6.45, 7) is 0.379. The third-order valence-corrected chi connectivity index (χ3v) is 3.62. The van der Waals surface area contributed by atoms with Gasteiger partial charge in [0.15, 0.2) is 0 Å². The van der Waals surface area contributed by atoms with Gasteiger partial charge < -0.3 is 20.1 Å². The summed E-state index contributed by atoms with van der Waals surface area (Å²) >= 11 is 0. The molecule has 0 spiro atoms. The van der Waals surface area contributed by atoms with Gasteiger partial charge >= 0.3 is 6.03 Å². The van der Waals surface area contributed by atoms with Crippen LogP contribution in [0.3, 0.4) is 0 Å². The molecule has 6 heteroatoms. The zero-order chi connectivity index (χ0) is 16.2. The molecule has 2 aromatic rings. The Morgan fingerprint density at radius 2 is 2.17 bits per heavy atom. The average molecular weight is 316 g/mol. The van der Waals surface area contributed by atoms with Gasteiger partial charge in [-0.1, -0.05) is 18.2 Å². The van der Waals surface area contributed by atoms with Crippen LogP contribution in [0.5, 0.6) is 11.5 Å². The molecular weight excluding hydrogens is 299 g/mol. The van der Waals surface area contributed by atoms with Crippen molar-refractivity contribution in [1.82, 2.24) is 5.32 Å². The number of fused-ring (bicyclic) bond motifs is 1. The van der Waals surface area contributed by atoms with E-state index >= 15 is 0 Å². The molecule has 2 aromatic carbocycles. The first-order valence-corrected chi connectivity index (χ1v) is 7.28. The van der Waals surface area contributed by atoms with Crippen LogP contribution in [0.25, 0.3) is 0 Å². The highest BCUT2D eigenvalue weighted by Crippen LogP contribution is 2.28. The summed E-state index contributed by atoms with van der Waals surface area (Å²) in [6.07, 6.45) is 0.671. The molecule has 23 heavy (non-hydrogen) atoms. The number of halogens is 1. The standard InChI is InChI=1S/C17H17FN2O3/c1-22-16-9-12(18)6-7-14(16)20-17(21)19-10-13-8-11-4-2-3-5-15(11)23-13/h2-7,9,13H,8,10H2,1H3,(H2,19,20,21). The maximum atomic E-state index is 13.1. The SMILES string of the molecule is COc1cc(F)ccc1NC(=O)NCC1Cc2ccccc2O1. The van der Waals surface area contributed by atoms with Gasteiger partial charge in [0.1, 0.15) is 23.4 Å². The normalized spacial score (nSPS) is 15.5. The summed E-state index contributed by atoms with van der Waals surface area (Å²) in [6, 6.07) is 11.3. The summed E-state index contributed by atoms with van der Waals surface area (Å²) in [5.41, 5.74) is 1.54. The molecule has 0 saturated carbocycles. The Balaban J connectivity index is 1.53. The highest BCUT2D eigenvalue weighted by atomic mass is 19.1. The molecule has 2 amide bonds. The lowest BCUT2D eigenvalue weighted by Gasteiger charge is -2.14. The smallest absolute Gasteiger partial charge is 0.319 e. The van der Waals surface area contributed by atoms with Crippen molar-refractivity contribution >= 4 is 11.7 Å². The first-order chi connectivity index (χ1) is 11.2. The molecule has 0 fully saturated rings. The van der Waals surface area contributed by atoms with E-state index in [0.29, 0.717) is 12.2 Å². The number of carbonyl (C=O) groups is 1. The van der Waals surface area contributed by atoms with Crippen LogP contribution in [0.2, 0.25) is 0 Å². The number of para-hydroxylation sites is 1. The van der Waals surface area contributed by atoms with E-state index in [0.717, 1.165) is 17.7 Å². The molecule has 0 aromatic heterocycles. The Morgan fingerprint density at radius 1 is 1.35 bits per heavy atom. The van der Waals surface area contributed by atoms with Crippen LogP contribution >= 0.6 is 0 Å². The number of hydrogen-bond donors (Lipinski definition) is 2. The summed E-state index contributed by atoms with van der Waals surface area (Å²) in [4.78, 5) is 12.0. The number of hydrogen-bond acceptors (Lipinski definition) is 3. The Kier molecular flexibility index (Phi) is 4.32. The van der Waals surface area contributed by atoms with Crippen molar-refractivity contribution in [1.29, 1.82) is 0 Å². The maximum absolute atomic E-state index is 13.1. The summed E-state index contributed by atoms with van der Waals surface area (Å²) in [7, 11) is 1.42. The lowest BCUT2D eigenvalue weighted by molar-refractivity contribution is 0.219. The highest BCUT2D eigenvalue weighted by molar-refractivity contribution is 5.90. The molecule has 0 saturated heterocycles. The molecule has 5 nitrogen and oxygen atoms in total. The zero-order valence-electron chi connectivity index (χ0n) is 12.6. The number of rotatable bonds is 4. The molecule has 1 heterocycles. The molecule has 1 unspecified atom stereocenters. The van der Waals surface area contributed by atoms with Gasteiger partial charge in [0.25, 0.3) is 0 Å². The Morgan fingerprint density at radius 3 is 2.96 bits per heavy atom. The van der Waals surface area contributed by atoms with Gasteiger partial charge in [0.05, 0.1) is 19.3 Å². The van der Waals surface area contributed by atoms with Crippen LogP contribution < -0.4 is 20.1 Å². The number of carbonyl (C=O) groups excluding carboxylic acids is 1. The lowest BCUT2D eigenvalue weighted by atomic mass is 10.1. The maximum Gasteiger partial charge on any atom is 0.319 e. The van der Waals surface area contributed by atoms with E-state index in [2.05, 4.69) is 10.6 Å². The molecule has 1 aliphatic rings. The number of amides is 2. The molecule has 0 radical (unpaired) electrons. The number of urea groups is 1. The van der Waals surface area contributed by atoms with Crippen LogP contribution in [0.15, 0.2) is 42.5 Å². The zero-order valence-corrected chi connectivity index (χ0v) is 12.6. The first-order valence-electron chi connectivity index (χ1n) is 7.28. The van der Waals surface area contributed by atoms with E-state index in [1.807, 2.05) is 24.3 Å². The van der Waals surface area contributed by atoms with E-state index in [1.54, 1.807) is 0 Å². The molecule has 1 atom stereocenters. The van der Waals surface area contributed by atoms with Crippen molar-refractivity contribution in [3.63, 3.8) is 0 Å². The van der Waals surface area contributed by atoms with Gasteiger partial charge in [-0.05, 0) is 23.8 Å². The van der Waals surface area contributed by atoms with E-state index in [4.69, 9.17) is 9.47 Å². The van der Waals surface area contributed by atoms with Crippen LogP contribution in [0, 0.1) is 5.82 Å². The third-order valence-electron chi connectivity index (χ3n) is 3.62. The predicted molar refractivity (Wildman–Crippen MR) is 84.5 cm³/mol. The summed E-state index contributed by atoms with van der Waals surface area (Å²) in [5.74, 6) is 0.703. The molecular formula is C17H17FN2O3. The minimum Gasteiger partial charge on any atom is -0.494 e. The molecule has 1 aliphatic heterocycles. The first kappa shape index (κ1) is 15.1. The number of nitrogens with one attached hydrogen (secondary N) is 2. The second-order valence-corrected chi connectivity index (χ2v) is 5.23. The van der Waals surface area contributed by atoms with Crippen LogP contribution in [-0.4, -0.2) is 25.8 Å². The Bertz CT molecular complexity index is 696. The number of anilines is 1. The van der Waals surface area contributed by atoms with Crippen LogP contribution in [0.1, 0.15) is 5.56 Å². The topological polar surface area (TPSA) is 59.6 Å². The largest absolute Gasteiger partial charge is 0.494 e. The summed E-state index contributed by atoms with van der Waals surface area (Å²) in [5, 5.41) is 5.39. The average Bonchev–Trinajstić information content (AvgIpc) is 2.97. The summed E-state index contributed by atoms with van der Waals surface area (Å²) < 4.78 is 23.9. The predicted octanol–water partition coefficient (Wildman–Crippen LogP) is 2.96. The molecule has 3 rings (SSSR count). The van der Waals surface area contributed by atoms with Crippen LogP contribution in [-0.2, 0) is 6.42 Å². The fourth-order valence-corrected chi connectivity index (χ4v) is 2.51. The second kappa shape index (κ2) is 6.56. The number of benzene rings is 2. The van der Waals surface area contributed by atoms with Crippen LogP contribution in [0.4, 0.5) is 14.9 Å². The van der Waals surface area contributed by atoms with E-state index in [9.17, 15) is 9.18 Å². The molecule has 0 aliphatic carbocycles. The second-order valence-electron chi connectivity index (χ2n) is 5.23. The van der Waals surface area contributed by atoms with Crippen molar-refractivity contribution in [2.45, 2.75) is 12.5 Å². The van der Waals surface area contributed by atoms with Gasteiger partial charge in [0, 0.05) is 12.5 Å². The van der Waals surface area contributed by atoms with Gasteiger partial charge in [-0.2, -0.15) is 0 Å². The van der Waals surface area contributed by atoms with Gasteiger partial charge in [-0.25, -0.2) is 9.18 Å². The van der Waals surface area contributed by atoms with Gasteiger partial charge in [-0.15, -0.1) is 0 Å². The molecule has 120 valence electrons. The van der Waals surface area contributed by atoms with E-state index in [-0.39, 0.29) is 11.9 Å². The van der Waals surface area contributed by atoms with Gasteiger partial charge in [-0.3, -0.25) is 0 Å². The van der Waals surface area contributed by atoms with Crippen molar-refractivity contribution < 1.29 is 18.7 Å².